The van der Waals surface area contributed by atoms with Crippen molar-refractivity contribution in [3.63, 3.8) is 0 Å². The molecule has 0 radical (unpaired) electrons. The minimum Gasteiger partial charge on any atom is -0.497 e. The van der Waals surface area contributed by atoms with E-state index in [4.69, 9.17) is 19.3 Å². The first-order valence-corrected chi connectivity index (χ1v) is 11.2. The number of hydrogen-bond acceptors (Lipinski definition) is 7. The molecule has 1 fully saturated rings. The highest BCUT2D eigenvalue weighted by Crippen LogP contribution is 2.25. The molecule has 32 heavy (non-hydrogen) atoms. The van der Waals surface area contributed by atoms with Gasteiger partial charge in [-0.3, -0.25) is 9.80 Å². The first-order chi connectivity index (χ1) is 15.5. The summed E-state index contributed by atoms with van der Waals surface area (Å²) in [6, 6.07) is 16.1. The Morgan fingerprint density at radius 3 is 2.34 bits per heavy atom. The Kier molecular flexibility index (Phi) is 9.32. The molecule has 0 spiro atoms. The van der Waals surface area contributed by atoms with Crippen molar-refractivity contribution < 1.29 is 24.4 Å². The van der Waals surface area contributed by atoms with Crippen LogP contribution in [0.15, 0.2) is 48.5 Å². The Bertz CT molecular complexity index is 799. The summed E-state index contributed by atoms with van der Waals surface area (Å²) in [5.74, 6) is 1.66. The molecule has 1 aliphatic rings. The number of aliphatic hydroxyl groups is 2. The molecule has 2 N–H and O–H groups in total. The highest BCUT2D eigenvalue weighted by Gasteiger charge is 2.36. The van der Waals surface area contributed by atoms with Crippen molar-refractivity contribution in [2.45, 2.75) is 25.1 Å². The summed E-state index contributed by atoms with van der Waals surface area (Å²) in [6.45, 7) is 5.07. The van der Waals surface area contributed by atoms with E-state index in [1.165, 1.54) is 11.1 Å². The first kappa shape index (κ1) is 24.5. The van der Waals surface area contributed by atoms with Gasteiger partial charge < -0.3 is 24.4 Å². The number of likely N-dealkylation sites (tertiary alicyclic amines) is 1. The average molecular weight is 445 g/mol. The van der Waals surface area contributed by atoms with Crippen LogP contribution in [0.2, 0.25) is 0 Å². The predicted molar refractivity (Wildman–Crippen MR) is 124 cm³/mol. The lowest BCUT2D eigenvalue weighted by molar-refractivity contribution is 0.0162. The lowest BCUT2D eigenvalue weighted by Gasteiger charge is -2.29. The SMILES string of the molecule is COc1ccc(CN(C)C[C@]2(O)CCN(Cc3ccc(OCCOCCO)cc3)C2)cc1. The van der Waals surface area contributed by atoms with E-state index in [2.05, 4.69) is 41.1 Å². The molecule has 7 heteroatoms. The molecule has 0 aliphatic carbocycles. The van der Waals surface area contributed by atoms with Crippen LogP contribution in [0.5, 0.6) is 11.5 Å². The second-order valence-electron chi connectivity index (χ2n) is 8.53. The lowest BCUT2D eigenvalue weighted by atomic mass is 10.0. The average Bonchev–Trinajstić information content (AvgIpc) is 3.15. The highest BCUT2D eigenvalue weighted by atomic mass is 16.5. The summed E-state index contributed by atoms with van der Waals surface area (Å²) < 4.78 is 16.1. The molecule has 1 heterocycles. The molecule has 1 atom stereocenters. The number of nitrogens with zero attached hydrogens (tertiary/aromatic N) is 2. The Hall–Kier alpha value is -2.16. The third kappa shape index (κ3) is 7.76. The van der Waals surface area contributed by atoms with Crippen LogP contribution >= 0.6 is 0 Å². The topological polar surface area (TPSA) is 74.6 Å². The summed E-state index contributed by atoms with van der Waals surface area (Å²) in [4.78, 5) is 4.49. The molecule has 3 rings (SSSR count). The molecule has 176 valence electrons. The Morgan fingerprint density at radius 1 is 0.969 bits per heavy atom. The maximum Gasteiger partial charge on any atom is 0.119 e. The molecular formula is C25H36N2O5. The molecular weight excluding hydrogens is 408 g/mol. The van der Waals surface area contributed by atoms with Crippen molar-refractivity contribution in [3.8, 4) is 11.5 Å². The highest BCUT2D eigenvalue weighted by molar-refractivity contribution is 5.28. The second-order valence-corrected chi connectivity index (χ2v) is 8.53. The number of rotatable bonds is 13. The number of aliphatic hydroxyl groups excluding tert-OH is 1. The second kappa shape index (κ2) is 12.2. The van der Waals surface area contributed by atoms with Gasteiger partial charge in [0.05, 0.1) is 32.5 Å². The Balaban J connectivity index is 1.41. The third-order valence-electron chi connectivity index (χ3n) is 5.65. The number of ether oxygens (including phenoxy) is 3. The monoisotopic (exact) mass is 444 g/mol. The number of β-amino-alcohol motifs (C(OH)–C–C–N with tert-alkyl or cyclic N) is 1. The van der Waals surface area contributed by atoms with Crippen LogP contribution in [0, 0.1) is 0 Å². The van der Waals surface area contributed by atoms with E-state index in [1.807, 2.05) is 24.3 Å². The fourth-order valence-corrected chi connectivity index (χ4v) is 4.14. The summed E-state index contributed by atoms with van der Waals surface area (Å²) in [5, 5.41) is 19.8. The molecule has 1 aliphatic heterocycles. The standard InChI is InChI=1S/C25H36N2O5/c1-26(17-21-3-7-23(30-2)8-4-21)19-25(29)11-12-27(20-25)18-22-5-9-24(10-6-22)32-16-15-31-14-13-28/h3-10,28-29H,11-20H2,1-2H3/t25-/m1/s1. The maximum atomic E-state index is 11.1. The number of likely N-dealkylation sites (N-methyl/N-ethyl adjacent to an activating group) is 1. The molecule has 7 nitrogen and oxygen atoms in total. The van der Waals surface area contributed by atoms with Gasteiger partial charge in [0.15, 0.2) is 0 Å². The molecule has 0 aromatic heterocycles. The minimum atomic E-state index is -0.696. The number of methoxy groups -OCH3 is 1. The molecule has 0 bridgehead atoms. The summed E-state index contributed by atoms with van der Waals surface area (Å²) in [7, 11) is 3.72. The van der Waals surface area contributed by atoms with Crippen LogP contribution in [0.1, 0.15) is 17.5 Å². The van der Waals surface area contributed by atoms with Crippen LogP contribution in [0.3, 0.4) is 0 Å². The third-order valence-corrected chi connectivity index (χ3v) is 5.65. The van der Waals surface area contributed by atoms with Crippen LogP contribution in [0.4, 0.5) is 0 Å². The maximum absolute atomic E-state index is 11.1. The van der Waals surface area contributed by atoms with Crippen molar-refractivity contribution in [3.05, 3.63) is 59.7 Å². The Labute approximate surface area is 191 Å². The smallest absolute Gasteiger partial charge is 0.119 e. The van der Waals surface area contributed by atoms with Gasteiger partial charge in [-0.05, 0) is 48.9 Å². The molecule has 0 saturated carbocycles. The van der Waals surface area contributed by atoms with Crippen molar-refractivity contribution in [2.75, 3.05) is 60.2 Å². The quantitative estimate of drug-likeness (QED) is 0.459. The van der Waals surface area contributed by atoms with Gasteiger partial charge in [-0.1, -0.05) is 24.3 Å². The van der Waals surface area contributed by atoms with Crippen molar-refractivity contribution in [2.24, 2.45) is 0 Å². The lowest BCUT2D eigenvalue weighted by Crippen LogP contribution is -2.43. The molecule has 1 saturated heterocycles. The zero-order valence-electron chi connectivity index (χ0n) is 19.2. The van der Waals surface area contributed by atoms with Crippen LogP contribution in [0.25, 0.3) is 0 Å². The normalized spacial score (nSPS) is 18.9. The van der Waals surface area contributed by atoms with E-state index in [-0.39, 0.29) is 6.61 Å². The van der Waals surface area contributed by atoms with Gasteiger partial charge in [0.1, 0.15) is 18.1 Å². The number of hydrogen-bond donors (Lipinski definition) is 2. The summed E-state index contributed by atoms with van der Waals surface area (Å²) in [6.07, 6.45) is 0.773. The van der Waals surface area contributed by atoms with E-state index >= 15 is 0 Å². The summed E-state index contributed by atoms with van der Waals surface area (Å²) in [5.41, 5.74) is 1.71. The van der Waals surface area contributed by atoms with Gasteiger partial charge in [-0.25, -0.2) is 0 Å². The van der Waals surface area contributed by atoms with Crippen molar-refractivity contribution in [1.29, 1.82) is 0 Å². The van der Waals surface area contributed by atoms with Crippen LogP contribution in [-0.4, -0.2) is 85.8 Å². The van der Waals surface area contributed by atoms with Crippen molar-refractivity contribution >= 4 is 0 Å². The van der Waals surface area contributed by atoms with E-state index in [0.29, 0.717) is 32.9 Å². The van der Waals surface area contributed by atoms with Crippen LogP contribution < -0.4 is 9.47 Å². The van der Waals surface area contributed by atoms with E-state index < -0.39 is 5.60 Å². The van der Waals surface area contributed by atoms with E-state index in [1.54, 1.807) is 7.11 Å². The van der Waals surface area contributed by atoms with Gasteiger partial charge in [0.25, 0.3) is 0 Å². The fraction of sp³-hybridized carbons (Fsp3) is 0.520. The molecule has 2 aromatic rings. The zero-order chi connectivity index (χ0) is 22.8. The van der Waals surface area contributed by atoms with Crippen LogP contribution in [-0.2, 0) is 17.8 Å². The van der Waals surface area contributed by atoms with Crippen molar-refractivity contribution in [1.82, 2.24) is 9.80 Å². The molecule has 0 amide bonds. The first-order valence-electron chi connectivity index (χ1n) is 11.2. The molecule has 0 unspecified atom stereocenters. The van der Waals surface area contributed by atoms with Gasteiger partial charge in [0.2, 0.25) is 0 Å². The fourth-order valence-electron chi connectivity index (χ4n) is 4.14. The van der Waals surface area contributed by atoms with E-state index in [0.717, 1.165) is 37.6 Å². The predicted octanol–water partition coefficient (Wildman–Crippen LogP) is 2.15. The van der Waals surface area contributed by atoms with Gasteiger partial charge in [0, 0.05) is 32.7 Å². The Morgan fingerprint density at radius 2 is 1.66 bits per heavy atom. The minimum absolute atomic E-state index is 0.0271. The van der Waals surface area contributed by atoms with Gasteiger partial charge in [-0.15, -0.1) is 0 Å². The van der Waals surface area contributed by atoms with Gasteiger partial charge >= 0.3 is 0 Å². The summed E-state index contributed by atoms with van der Waals surface area (Å²) >= 11 is 0. The zero-order valence-corrected chi connectivity index (χ0v) is 19.2. The van der Waals surface area contributed by atoms with Gasteiger partial charge in [-0.2, -0.15) is 0 Å². The number of benzene rings is 2. The molecule has 2 aromatic carbocycles. The van der Waals surface area contributed by atoms with E-state index in [9.17, 15) is 5.11 Å². The largest absolute Gasteiger partial charge is 0.497 e.